The number of nitrogens with one attached hydrogen (secondary N) is 1. The fourth-order valence-electron chi connectivity index (χ4n) is 4.27. The van der Waals surface area contributed by atoms with E-state index >= 15 is 0 Å². The molecule has 1 aromatic carbocycles. The Morgan fingerprint density at radius 1 is 0.906 bits per heavy atom. The third-order valence-corrected chi connectivity index (χ3v) is 11.4. The number of aromatic nitrogens is 1. The second kappa shape index (κ2) is 16.3. The molecule has 0 amide bonds. The third-order valence-electron chi connectivity index (χ3n) is 6.38. The number of benzene rings is 1. The highest BCUT2D eigenvalue weighted by Crippen LogP contribution is 2.61. The standard InChI is InChI=1S/C16H36P.C11H12N2O2/c1-5-9-13-17(14-10-6-2,15-11-7-3)16-12-8-4;12-9(11(14)15)5-7-6-13-10-4-2-1-3-8(7)10/h5-16H2,1-4H3;1-4,6,9,13H,5,12H2,(H,14,15)/q+1;. The Balaban J connectivity index is 0.000000321. The van der Waals surface area contributed by atoms with Gasteiger partial charge in [-0.2, -0.15) is 0 Å². The second-order valence-electron chi connectivity index (χ2n) is 9.16. The quantitative estimate of drug-likeness (QED) is 0.242. The molecule has 0 saturated heterocycles. The van der Waals surface area contributed by atoms with Gasteiger partial charge in [0.2, 0.25) is 0 Å². The fraction of sp³-hybridized carbons (Fsp3) is 0.667. The van der Waals surface area contributed by atoms with Gasteiger partial charge in [0.25, 0.3) is 0 Å². The largest absolute Gasteiger partial charge is 0.480 e. The van der Waals surface area contributed by atoms with Crippen molar-refractivity contribution in [2.75, 3.05) is 24.6 Å². The predicted molar refractivity (Wildman–Crippen MR) is 144 cm³/mol. The molecule has 5 heteroatoms. The van der Waals surface area contributed by atoms with E-state index in [1.54, 1.807) is 24.6 Å². The number of carboxylic acid groups (broad SMARTS) is 1. The molecule has 1 heterocycles. The van der Waals surface area contributed by atoms with Crippen LogP contribution in [0.3, 0.4) is 0 Å². The molecular weight excluding hydrogens is 415 g/mol. The molecular formula is C27H48N2O2P+. The highest BCUT2D eigenvalue weighted by Gasteiger charge is 2.34. The van der Waals surface area contributed by atoms with Gasteiger partial charge in [0, 0.05) is 30.8 Å². The molecule has 0 aliphatic heterocycles. The summed E-state index contributed by atoms with van der Waals surface area (Å²) in [6, 6.07) is 6.91. The topological polar surface area (TPSA) is 79.1 Å². The SMILES string of the molecule is CCCC[P+](CCCC)(CCCC)CCCC.NC(Cc1c[nH]c2ccccc12)C(=O)O. The first-order chi connectivity index (χ1) is 15.4. The van der Waals surface area contributed by atoms with Gasteiger partial charge >= 0.3 is 5.97 Å². The summed E-state index contributed by atoms with van der Waals surface area (Å²) in [7, 11) is -0.562. The number of hydrogen-bond donors (Lipinski definition) is 3. The minimum atomic E-state index is -0.972. The summed E-state index contributed by atoms with van der Waals surface area (Å²) in [5.74, 6) is -0.972. The number of carboxylic acids is 1. The molecule has 182 valence electrons. The smallest absolute Gasteiger partial charge is 0.320 e. The van der Waals surface area contributed by atoms with Gasteiger partial charge in [-0.15, -0.1) is 0 Å². The lowest BCUT2D eigenvalue weighted by atomic mass is 10.1. The number of hydrogen-bond acceptors (Lipinski definition) is 2. The lowest BCUT2D eigenvalue weighted by Gasteiger charge is -2.28. The molecule has 4 N–H and O–H groups in total. The highest BCUT2D eigenvalue weighted by molar-refractivity contribution is 7.75. The van der Waals surface area contributed by atoms with Crippen LogP contribution >= 0.6 is 7.26 Å². The van der Waals surface area contributed by atoms with E-state index in [0.717, 1.165) is 16.5 Å². The van der Waals surface area contributed by atoms with Crippen molar-refractivity contribution in [1.29, 1.82) is 0 Å². The zero-order valence-electron chi connectivity index (χ0n) is 21.0. The van der Waals surface area contributed by atoms with Crippen LogP contribution in [0.5, 0.6) is 0 Å². The van der Waals surface area contributed by atoms with Crippen LogP contribution in [-0.4, -0.2) is 46.7 Å². The van der Waals surface area contributed by atoms with Crippen molar-refractivity contribution in [3.8, 4) is 0 Å². The van der Waals surface area contributed by atoms with Crippen molar-refractivity contribution in [3.05, 3.63) is 36.0 Å². The lowest BCUT2D eigenvalue weighted by molar-refractivity contribution is -0.138. The lowest BCUT2D eigenvalue weighted by Crippen LogP contribution is -2.32. The van der Waals surface area contributed by atoms with Gasteiger partial charge in [0.15, 0.2) is 0 Å². The normalized spacial score (nSPS) is 12.4. The van der Waals surface area contributed by atoms with Gasteiger partial charge in [-0.05, 0) is 37.3 Å². The van der Waals surface area contributed by atoms with Gasteiger partial charge in [-0.25, -0.2) is 0 Å². The Labute approximate surface area is 197 Å². The van der Waals surface area contributed by atoms with E-state index in [-0.39, 0.29) is 0 Å². The number of H-pyrrole nitrogens is 1. The summed E-state index contributed by atoms with van der Waals surface area (Å²) < 4.78 is 0. The van der Waals surface area contributed by atoms with E-state index in [2.05, 4.69) is 32.7 Å². The van der Waals surface area contributed by atoms with Crippen molar-refractivity contribution < 1.29 is 9.90 Å². The second-order valence-corrected chi connectivity index (χ2v) is 13.6. The molecule has 1 unspecified atom stereocenters. The molecule has 0 bridgehead atoms. The van der Waals surface area contributed by atoms with Crippen LogP contribution in [0.1, 0.15) is 84.6 Å². The van der Waals surface area contributed by atoms with Gasteiger partial charge in [0.1, 0.15) is 6.04 Å². The Hall–Kier alpha value is -1.38. The zero-order valence-corrected chi connectivity index (χ0v) is 21.9. The summed E-state index contributed by atoms with van der Waals surface area (Å²) >= 11 is 0. The predicted octanol–water partition coefficient (Wildman–Crippen LogP) is 7.33. The van der Waals surface area contributed by atoms with Gasteiger partial charge in [-0.1, -0.05) is 71.6 Å². The van der Waals surface area contributed by atoms with Crippen molar-refractivity contribution in [3.63, 3.8) is 0 Å². The fourth-order valence-corrected chi connectivity index (χ4v) is 9.56. The van der Waals surface area contributed by atoms with Crippen LogP contribution in [0.4, 0.5) is 0 Å². The molecule has 2 rings (SSSR count). The van der Waals surface area contributed by atoms with Gasteiger partial charge < -0.3 is 15.8 Å². The van der Waals surface area contributed by atoms with E-state index in [1.165, 1.54) is 51.4 Å². The number of unbranched alkanes of at least 4 members (excludes halogenated alkanes) is 4. The van der Waals surface area contributed by atoms with Gasteiger partial charge in [0.05, 0.1) is 24.6 Å². The number of aliphatic carboxylic acids is 1. The molecule has 2 aromatic rings. The van der Waals surface area contributed by atoms with E-state index in [1.807, 2.05) is 30.5 Å². The maximum atomic E-state index is 10.6. The van der Waals surface area contributed by atoms with Crippen molar-refractivity contribution in [2.45, 2.75) is 91.5 Å². The van der Waals surface area contributed by atoms with Crippen LogP contribution in [0.15, 0.2) is 30.5 Å². The van der Waals surface area contributed by atoms with E-state index < -0.39 is 19.3 Å². The maximum absolute atomic E-state index is 10.6. The third kappa shape index (κ3) is 10.0. The summed E-state index contributed by atoms with van der Waals surface area (Å²) in [5.41, 5.74) is 7.43. The minimum absolute atomic E-state index is 0.347. The molecule has 0 fully saturated rings. The van der Waals surface area contributed by atoms with E-state index in [0.29, 0.717) is 6.42 Å². The molecule has 0 saturated carbocycles. The number of carbonyl (C=O) groups is 1. The summed E-state index contributed by atoms with van der Waals surface area (Å²) in [6.45, 7) is 9.42. The Bertz CT molecular complexity index is 721. The Morgan fingerprint density at radius 3 is 1.81 bits per heavy atom. The first-order valence-electron chi connectivity index (χ1n) is 12.8. The summed E-state index contributed by atoms with van der Waals surface area (Å²) in [4.78, 5) is 13.7. The van der Waals surface area contributed by atoms with Crippen LogP contribution in [0.2, 0.25) is 0 Å². The van der Waals surface area contributed by atoms with Crippen molar-refractivity contribution in [2.24, 2.45) is 5.73 Å². The molecule has 0 radical (unpaired) electrons. The molecule has 0 aliphatic rings. The average molecular weight is 464 g/mol. The molecule has 0 aliphatic carbocycles. The van der Waals surface area contributed by atoms with Crippen LogP contribution in [0.25, 0.3) is 10.9 Å². The number of aromatic amines is 1. The first-order valence-corrected chi connectivity index (χ1v) is 15.3. The Morgan fingerprint density at radius 2 is 1.38 bits per heavy atom. The zero-order chi connectivity index (χ0) is 23.8. The molecule has 1 atom stereocenters. The minimum Gasteiger partial charge on any atom is -0.480 e. The molecule has 4 nitrogen and oxygen atoms in total. The van der Waals surface area contributed by atoms with Crippen molar-refractivity contribution >= 4 is 24.1 Å². The monoisotopic (exact) mass is 463 g/mol. The van der Waals surface area contributed by atoms with Crippen LogP contribution in [-0.2, 0) is 11.2 Å². The molecule has 1 aromatic heterocycles. The first kappa shape index (κ1) is 28.7. The van der Waals surface area contributed by atoms with E-state index in [4.69, 9.17) is 10.8 Å². The Kier molecular flexibility index (Phi) is 14.6. The number of rotatable bonds is 15. The number of fused-ring (bicyclic) bond motifs is 1. The van der Waals surface area contributed by atoms with Crippen molar-refractivity contribution in [1.82, 2.24) is 4.98 Å². The summed E-state index contributed by atoms with van der Waals surface area (Å²) in [5, 5.41) is 9.75. The number of nitrogens with two attached hydrogens (primary N) is 1. The molecule has 0 spiro atoms. The van der Waals surface area contributed by atoms with E-state index in [9.17, 15) is 4.79 Å². The average Bonchev–Trinajstić information content (AvgIpc) is 3.21. The summed E-state index contributed by atoms with van der Waals surface area (Å²) in [6.07, 6.45) is 20.1. The number of para-hydroxylation sites is 1. The van der Waals surface area contributed by atoms with Crippen LogP contribution in [0, 0.1) is 0 Å². The maximum Gasteiger partial charge on any atom is 0.320 e. The van der Waals surface area contributed by atoms with Gasteiger partial charge in [-0.3, -0.25) is 4.79 Å². The van der Waals surface area contributed by atoms with Crippen LogP contribution < -0.4 is 5.73 Å². The molecule has 32 heavy (non-hydrogen) atoms. The highest BCUT2D eigenvalue weighted by atomic mass is 31.2.